The second-order valence-corrected chi connectivity index (χ2v) is 9.40. The molecule has 4 rings (SSSR count). The second-order valence-electron chi connectivity index (χ2n) is 7.85. The van der Waals surface area contributed by atoms with Crippen LogP contribution in [0.1, 0.15) is 16.7 Å². The molecule has 0 atom stereocenters. The lowest BCUT2D eigenvalue weighted by atomic mass is 9.97. The summed E-state index contributed by atoms with van der Waals surface area (Å²) in [5.41, 5.74) is 1.77. The van der Waals surface area contributed by atoms with Crippen molar-refractivity contribution in [3.05, 3.63) is 106 Å². The fourth-order valence-corrected chi connectivity index (χ4v) is 4.71. The van der Waals surface area contributed by atoms with Crippen LogP contribution in [0.2, 0.25) is 0 Å². The number of nitro groups is 1. The molecule has 36 heavy (non-hydrogen) atoms. The van der Waals surface area contributed by atoms with E-state index in [9.17, 15) is 23.8 Å². The number of hydrogen-bond acceptors (Lipinski definition) is 7. The predicted octanol–water partition coefficient (Wildman–Crippen LogP) is 5.90. The van der Waals surface area contributed by atoms with E-state index in [1.807, 2.05) is 42.5 Å². The van der Waals surface area contributed by atoms with Gasteiger partial charge in [0.2, 0.25) is 0 Å². The number of methoxy groups -OCH3 is 1. The maximum atomic E-state index is 12.8. The van der Waals surface area contributed by atoms with Gasteiger partial charge in [-0.3, -0.25) is 10.1 Å². The summed E-state index contributed by atoms with van der Waals surface area (Å²) >= 11 is 0. The Labute approximate surface area is 207 Å². The Morgan fingerprint density at radius 3 is 2.47 bits per heavy atom. The first-order valence-electron chi connectivity index (χ1n) is 10.7. The Bertz CT molecular complexity index is 1660. The Morgan fingerprint density at radius 1 is 1.00 bits per heavy atom. The van der Waals surface area contributed by atoms with Gasteiger partial charge in [-0.15, -0.1) is 0 Å². The number of nitriles is 1. The summed E-state index contributed by atoms with van der Waals surface area (Å²) in [7, 11) is -3.02. The summed E-state index contributed by atoms with van der Waals surface area (Å²) in [6, 6.07) is 23.7. The molecule has 4 aromatic rings. The van der Waals surface area contributed by atoms with Crippen LogP contribution >= 0.6 is 0 Å². The maximum absolute atomic E-state index is 12.8. The number of nitro benzene ring substituents is 1. The van der Waals surface area contributed by atoms with E-state index in [2.05, 4.69) is 6.07 Å². The first-order valence-corrected chi connectivity index (χ1v) is 12.1. The summed E-state index contributed by atoms with van der Waals surface area (Å²) in [4.78, 5) is 10.2. The highest BCUT2D eigenvalue weighted by Crippen LogP contribution is 2.34. The van der Waals surface area contributed by atoms with Crippen LogP contribution in [-0.2, 0) is 10.1 Å². The zero-order valence-corrected chi connectivity index (χ0v) is 20.2. The monoisotopic (exact) mass is 500 g/mol. The summed E-state index contributed by atoms with van der Waals surface area (Å²) in [5.74, 6) is 0.0192. The maximum Gasteiger partial charge on any atom is 0.339 e. The summed E-state index contributed by atoms with van der Waals surface area (Å²) < 4.78 is 36.2. The fourth-order valence-electron chi connectivity index (χ4n) is 3.75. The number of allylic oxidation sites excluding steroid dienone is 1. The van der Waals surface area contributed by atoms with Crippen molar-refractivity contribution in [2.75, 3.05) is 7.11 Å². The van der Waals surface area contributed by atoms with E-state index in [1.165, 1.54) is 32.2 Å². The Kier molecular flexibility index (Phi) is 6.72. The Hall–Kier alpha value is -4.68. The lowest BCUT2D eigenvalue weighted by molar-refractivity contribution is -0.385. The minimum atomic E-state index is -4.38. The van der Waals surface area contributed by atoms with Crippen LogP contribution in [0, 0.1) is 28.4 Å². The van der Waals surface area contributed by atoms with E-state index in [1.54, 1.807) is 18.2 Å². The Balaban J connectivity index is 1.69. The van der Waals surface area contributed by atoms with Crippen molar-refractivity contribution < 1.29 is 22.3 Å². The third-order valence-electron chi connectivity index (χ3n) is 5.56. The molecule has 0 fully saturated rings. The molecule has 0 spiro atoms. The van der Waals surface area contributed by atoms with E-state index in [4.69, 9.17) is 8.92 Å². The second kappa shape index (κ2) is 9.90. The van der Waals surface area contributed by atoms with Gasteiger partial charge in [0, 0.05) is 17.2 Å². The van der Waals surface area contributed by atoms with Crippen molar-refractivity contribution in [3.63, 3.8) is 0 Å². The molecule has 0 N–H and O–H groups in total. The van der Waals surface area contributed by atoms with Crippen LogP contribution < -0.4 is 8.92 Å². The molecule has 0 aliphatic rings. The molecule has 0 aliphatic heterocycles. The largest absolute Gasteiger partial charge is 0.493 e. The zero-order valence-electron chi connectivity index (χ0n) is 19.3. The van der Waals surface area contributed by atoms with Crippen LogP contribution in [0.3, 0.4) is 0 Å². The molecule has 0 amide bonds. The first-order chi connectivity index (χ1) is 17.2. The summed E-state index contributed by atoms with van der Waals surface area (Å²) in [6.45, 7) is 1.51. The normalized spacial score (nSPS) is 11.6. The molecule has 0 saturated heterocycles. The molecule has 0 aromatic heterocycles. The van der Waals surface area contributed by atoms with Crippen molar-refractivity contribution in [1.29, 1.82) is 5.26 Å². The molecular formula is C27H20N2O6S. The molecule has 0 bridgehead atoms. The average molecular weight is 501 g/mol. The summed E-state index contributed by atoms with van der Waals surface area (Å²) in [6.07, 6.45) is 1.67. The van der Waals surface area contributed by atoms with E-state index < -0.39 is 15.0 Å². The van der Waals surface area contributed by atoms with Gasteiger partial charge in [-0.2, -0.15) is 13.7 Å². The fraction of sp³-hybridized carbons (Fsp3) is 0.0741. The van der Waals surface area contributed by atoms with Crippen LogP contribution in [0.15, 0.2) is 83.8 Å². The quantitative estimate of drug-likeness (QED) is 0.102. The molecule has 0 saturated carbocycles. The van der Waals surface area contributed by atoms with Crippen LogP contribution in [0.5, 0.6) is 11.5 Å². The van der Waals surface area contributed by atoms with Gasteiger partial charge in [-0.05, 0) is 47.5 Å². The summed E-state index contributed by atoms with van der Waals surface area (Å²) in [5, 5.41) is 23.0. The first kappa shape index (κ1) is 24.4. The van der Waals surface area contributed by atoms with E-state index in [0.29, 0.717) is 16.7 Å². The number of aryl methyl sites for hydroxylation is 1. The number of hydrogen-bond donors (Lipinski definition) is 0. The van der Waals surface area contributed by atoms with Gasteiger partial charge < -0.3 is 8.92 Å². The molecule has 9 heteroatoms. The van der Waals surface area contributed by atoms with Gasteiger partial charge >= 0.3 is 10.1 Å². The van der Waals surface area contributed by atoms with E-state index in [-0.39, 0.29) is 22.1 Å². The molecular weight excluding hydrogens is 480 g/mol. The van der Waals surface area contributed by atoms with Gasteiger partial charge in [-0.1, -0.05) is 54.6 Å². The minimum Gasteiger partial charge on any atom is -0.493 e. The third kappa shape index (κ3) is 4.89. The highest BCUT2D eigenvalue weighted by Gasteiger charge is 2.23. The molecule has 0 aliphatic carbocycles. The van der Waals surface area contributed by atoms with E-state index in [0.717, 1.165) is 22.4 Å². The third-order valence-corrected chi connectivity index (χ3v) is 6.79. The topological polar surface area (TPSA) is 120 Å². The van der Waals surface area contributed by atoms with Crippen LogP contribution in [-0.4, -0.2) is 20.5 Å². The number of benzene rings is 4. The van der Waals surface area contributed by atoms with Crippen molar-refractivity contribution in [3.8, 4) is 17.6 Å². The van der Waals surface area contributed by atoms with Gasteiger partial charge in [0.05, 0.1) is 23.7 Å². The highest BCUT2D eigenvalue weighted by molar-refractivity contribution is 7.87. The van der Waals surface area contributed by atoms with Crippen molar-refractivity contribution in [2.24, 2.45) is 0 Å². The highest BCUT2D eigenvalue weighted by atomic mass is 32.2. The predicted molar refractivity (Wildman–Crippen MR) is 136 cm³/mol. The number of rotatable bonds is 7. The number of ether oxygens (including phenoxy) is 1. The lowest BCUT2D eigenvalue weighted by Crippen LogP contribution is -2.11. The van der Waals surface area contributed by atoms with Gasteiger partial charge in [0.15, 0.2) is 11.5 Å². The lowest BCUT2D eigenvalue weighted by Gasteiger charge is -2.12. The molecule has 4 aromatic carbocycles. The minimum absolute atomic E-state index is 0.0958. The molecule has 8 nitrogen and oxygen atoms in total. The smallest absolute Gasteiger partial charge is 0.339 e. The van der Waals surface area contributed by atoms with Gasteiger partial charge in [-0.25, -0.2) is 0 Å². The van der Waals surface area contributed by atoms with Crippen LogP contribution in [0.4, 0.5) is 5.69 Å². The van der Waals surface area contributed by atoms with Gasteiger partial charge in [0.1, 0.15) is 4.90 Å². The number of nitrogens with zero attached hydrogens (tertiary/aromatic N) is 2. The van der Waals surface area contributed by atoms with Crippen molar-refractivity contribution in [2.45, 2.75) is 11.8 Å². The number of fused-ring (bicyclic) bond motifs is 1. The molecule has 0 radical (unpaired) electrons. The SMILES string of the molecule is COc1cc(/C=C(\C#N)c2cccc3ccccc23)ccc1OS(=O)(=O)c1ccc(C)c([N+](=O)[O-])c1. The van der Waals surface area contributed by atoms with Crippen LogP contribution in [0.25, 0.3) is 22.4 Å². The molecule has 180 valence electrons. The average Bonchev–Trinajstić information content (AvgIpc) is 2.87. The standard InChI is InChI=1S/C27H20N2O6S/c1-18-10-12-22(16-25(18)29(30)31)36(32,33)35-26-13-11-19(15-27(26)34-2)14-21(17-28)24-9-5-7-20-6-3-4-8-23(20)24/h3-16H,1-2H3/b21-14+. The van der Waals surface area contributed by atoms with Crippen molar-refractivity contribution in [1.82, 2.24) is 0 Å². The molecule has 0 heterocycles. The van der Waals surface area contributed by atoms with E-state index >= 15 is 0 Å². The van der Waals surface area contributed by atoms with Gasteiger partial charge in [0.25, 0.3) is 5.69 Å². The Morgan fingerprint density at radius 2 is 1.75 bits per heavy atom. The molecule has 0 unspecified atom stereocenters. The zero-order chi connectivity index (χ0) is 25.9. The van der Waals surface area contributed by atoms with Crippen molar-refractivity contribution >= 4 is 38.2 Å².